The molecule has 9 heteroatoms. The average molecular weight is 912 g/mol. The molecule has 0 saturated carbocycles. The van der Waals surface area contributed by atoms with Gasteiger partial charge in [0.1, 0.15) is 5.75 Å². The maximum absolute atomic E-state index is 12.2. The second-order valence-electron chi connectivity index (χ2n) is 18.3. The molecular weight excluding hydrogens is 815 g/mol. The number of non-ortho nitro benzene ring substituents is 1. The fourth-order valence-corrected chi connectivity index (χ4v) is 8.03. The van der Waals surface area contributed by atoms with Crippen LogP contribution in [-0.4, -0.2) is 43.0 Å². The van der Waals surface area contributed by atoms with Gasteiger partial charge in [0.05, 0.1) is 24.2 Å². The van der Waals surface area contributed by atoms with E-state index in [0.717, 1.165) is 89.9 Å². The Balaban J connectivity index is 2.14. The van der Waals surface area contributed by atoms with E-state index in [-0.39, 0.29) is 30.5 Å². The van der Waals surface area contributed by atoms with Gasteiger partial charge < -0.3 is 18.9 Å². The van der Waals surface area contributed by atoms with Gasteiger partial charge in [-0.15, -0.1) is 0 Å². The number of hydrogen-bond acceptors (Lipinski definition) is 8. The monoisotopic (exact) mass is 912 g/mol. The second-order valence-corrected chi connectivity index (χ2v) is 18.3. The smallest absolute Gasteiger partial charge is 0.305 e. The lowest BCUT2D eigenvalue weighted by Gasteiger charge is -2.18. The Labute approximate surface area is 398 Å². The van der Waals surface area contributed by atoms with Gasteiger partial charge >= 0.3 is 11.9 Å². The first-order valence-electron chi connectivity index (χ1n) is 27.1. The lowest BCUT2D eigenvalue weighted by Crippen LogP contribution is -2.17. The minimum Gasteiger partial charge on any atom is -0.468 e. The molecule has 374 valence electrons. The predicted molar refractivity (Wildman–Crippen MR) is 270 cm³/mol. The molecule has 1 aromatic carbocycles. The number of carbonyl (C=O) groups excluding carboxylic acids is 2. The van der Waals surface area contributed by atoms with Crippen LogP contribution in [0.2, 0.25) is 0 Å². The molecule has 0 bridgehead atoms. The molecule has 65 heavy (non-hydrogen) atoms. The quantitative estimate of drug-likeness (QED) is 0.0159. The van der Waals surface area contributed by atoms with Crippen molar-refractivity contribution in [2.24, 2.45) is 0 Å². The highest BCUT2D eigenvalue weighted by molar-refractivity contribution is 5.69. The maximum Gasteiger partial charge on any atom is 0.305 e. The van der Waals surface area contributed by atoms with Gasteiger partial charge in [-0.1, -0.05) is 179 Å². The molecule has 0 atom stereocenters. The molecule has 0 fully saturated rings. The largest absolute Gasteiger partial charge is 0.468 e. The Kier molecular flexibility index (Phi) is 43.5. The Morgan fingerprint density at radius 2 is 0.846 bits per heavy atom. The van der Waals surface area contributed by atoms with E-state index in [2.05, 4.69) is 38.2 Å². The Hall–Kier alpha value is -3.20. The van der Waals surface area contributed by atoms with E-state index in [1.807, 2.05) is 0 Å². The third-order valence-electron chi connectivity index (χ3n) is 12.2. The molecule has 0 aliphatic rings. The van der Waals surface area contributed by atoms with Gasteiger partial charge in [0.25, 0.3) is 5.69 Å². The van der Waals surface area contributed by atoms with Crippen LogP contribution in [-0.2, 0) is 23.8 Å². The van der Waals surface area contributed by atoms with Crippen molar-refractivity contribution in [3.05, 3.63) is 58.7 Å². The summed E-state index contributed by atoms with van der Waals surface area (Å²) in [6, 6.07) is 6.04. The van der Waals surface area contributed by atoms with E-state index >= 15 is 0 Å². The summed E-state index contributed by atoms with van der Waals surface area (Å²) in [5.74, 6) is 0.389. The average Bonchev–Trinajstić information content (AvgIpc) is 3.30. The lowest BCUT2D eigenvalue weighted by molar-refractivity contribution is -0.384. The highest BCUT2D eigenvalue weighted by Crippen LogP contribution is 2.20. The fourth-order valence-electron chi connectivity index (χ4n) is 8.03. The van der Waals surface area contributed by atoms with Gasteiger partial charge in [-0.3, -0.25) is 19.7 Å². The summed E-state index contributed by atoms with van der Waals surface area (Å²) >= 11 is 0. The van der Waals surface area contributed by atoms with Crippen LogP contribution in [0, 0.1) is 10.1 Å². The maximum atomic E-state index is 12.2. The normalized spacial score (nSPS) is 11.6. The third-order valence-corrected chi connectivity index (χ3v) is 12.2. The topological polar surface area (TPSA) is 114 Å². The first kappa shape index (κ1) is 59.8. The molecule has 1 aromatic rings. The summed E-state index contributed by atoms with van der Waals surface area (Å²) in [5, 5.41) is 11.0. The van der Waals surface area contributed by atoms with Crippen molar-refractivity contribution in [3.8, 4) is 5.75 Å². The van der Waals surface area contributed by atoms with Crippen LogP contribution < -0.4 is 4.74 Å². The fraction of sp³-hybridized carbons (Fsp3) is 0.786. The van der Waals surface area contributed by atoms with Gasteiger partial charge in [0, 0.05) is 25.0 Å². The standard InChI is InChI=1S/C56H97NO8/c1-3-5-7-9-11-13-15-17-19-21-23-25-27-29-37-43-55(58)62-49-39-33-31-35-41-53(64-51-65-54-47-45-52(46-48-54)57(60)61)42-36-32-34-40-50-63-56(59)44-38-30-28-26-24-22-20-18-16-14-12-10-8-6-4-2/h17-20,45-48,53H,3-16,21-44,49-51H2,1-2H3/b19-17-,20-18-. The molecule has 0 unspecified atom stereocenters. The molecule has 0 saturated heterocycles. The molecule has 0 aliphatic carbocycles. The van der Waals surface area contributed by atoms with E-state index in [0.29, 0.717) is 31.8 Å². The number of nitro benzene ring substituents is 1. The molecular formula is C56H97NO8. The number of nitro groups is 1. The summed E-state index contributed by atoms with van der Waals surface area (Å²) < 4.78 is 22.9. The van der Waals surface area contributed by atoms with E-state index in [9.17, 15) is 19.7 Å². The van der Waals surface area contributed by atoms with E-state index < -0.39 is 4.92 Å². The number of benzene rings is 1. The van der Waals surface area contributed by atoms with E-state index in [1.165, 1.54) is 153 Å². The summed E-state index contributed by atoms with van der Waals surface area (Å²) in [5.41, 5.74) is 0.0255. The molecule has 0 aliphatic heterocycles. The van der Waals surface area contributed by atoms with Gasteiger partial charge in [-0.2, -0.15) is 0 Å². The lowest BCUT2D eigenvalue weighted by atomic mass is 10.0. The molecule has 0 N–H and O–H groups in total. The number of hydrogen-bond donors (Lipinski definition) is 0. The molecule has 0 amide bonds. The van der Waals surface area contributed by atoms with Crippen molar-refractivity contribution >= 4 is 17.6 Å². The number of allylic oxidation sites excluding steroid dienone is 4. The number of rotatable bonds is 49. The molecule has 0 spiro atoms. The predicted octanol–water partition coefficient (Wildman–Crippen LogP) is 17.4. The van der Waals surface area contributed by atoms with Crippen LogP contribution in [0.3, 0.4) is 0 Å². The van der Waals surface area contributed by atoms with Crippen molar-refractivity contribution in [1.29, 1.82) is 0 Å². The van der Waals surface area contributed by atoms with E-state index in [1.54, 1.807) is 12.1 Å². The first-order chi connectivity index (χ1) is 32.0. The highest BCUT2D eigenvalue weighted by atomic mass is 16.7. The summed E-state index contributed by atoms with van der Waals surface area (Å²) in [6.45, 7) is 5.59. The van der Waals surface area contributed by atoms with Gasteiger partial charge in [-0.05, 0) is 102 Å². The van der Waals surface area contributed by atoms with Crippen LogP contribution in [0.1, 0.15) is 258 Å². The zero-order valence-corrected chi connectivity index (χ0v) is 41.9. The van der Waals surface area contributed by atoms with E-state index in [4.69, 9.17) is 18.9 Å². The van der Waals surface area contributed by atoms with Crippen LogP contribution in [0.25, 0.3) is 0 Å². The van der Waals surface area contributed by atoms with Crippen molar-refractivity contribution < 1.29 is 33.5 Å². The summed E-state index contributed by atoms with van der Waals surface area (Å²) in [6.07, 6.45) is 52.5. The van der Waals surface area contributed by atoms with Crippen LogP contribution >= 0.6 is 0 Å². The van der Waals surface area contributed by atoms with Crippen molar-refractivity contribution in [1.82, 2.24) is 0 Å². The van der Waals surface area contributed by atoms with Crippen LogP contribution in [0.4, 0.5) is 5.69 Å². The third kappa shape index (κ3) is 41.9. The van der Waals surface area contributed by atoms with Gasteiger partial charge in [0.2, 0.25) is 0 Å². The zero-order valence-electron chi connectivity index (χ0n) is 41.9. The van der Waals surface area contributed by atoms with Crippen LogP contribution in [0.15, 0.2) is 48.6 Å². The number of unbranched alkanes of at least 4 members (excludes halogenated alkanes) is 28. The molecule has 0 radical (unpaired) electrons. The highest BCUT2D eigenvalue weighted by Gasteiger charge is 2.11. The summed E-state index contributed by atoms with van der Waals surface area (Å²) in [4.78, 5) is 35.0. The van der Waals surface area contributed by atoms with Gasteiger partial charge in [0.15, 0.2) is 6.79 Å². The minimum atomic E-state index is -0.425. The Bertz CT molecular complexity index is 1220. The first-order valence-corrected chi connectivity index (χ1v) is 27.1. The molecule has 1 rings (SSSR count). The Morgan fingerprint density at radius 1 is 0.492 bits per heavy atom. The minimum absolute atomic E-state index is 0.0255. The molecule has 0 heterocycles. The molecule has 0 aromatic heterocycles. The van der Waals surface area contributed by atoms with Crippen molar-refractivity contribution in [2.75, 3.05) is 20.0 Å². The zero-order chi connectivity index (χ0) is 46.9. The second kappa shape index (κ2) is 47.3. The summed E-state index contributed by atoms with van der Waals surface area (Å²) in [7, 11) is 0. The number of esters is 2. The van der Waals surface area contributed by atoms with Gasteiger partial charge in [-0.25, -0.2) is 0 Å². The van der Waals surface area contributed by atoms with Crippen LogP contribution in [0.5, 0.6) is 5.75 Å². The molecule has 9 nitrogen and oxygen atoms in total. The SMILES string of the molecule is CCCCCCCC/C=C\CCCCCCCC(=O)OCCCCCCC(CCCCCCOC(=O)CCCCCCC/C=C\CCCCCCCC)OCOc1ccc([N+](=O)[O-])cc1. The number of ether oxygens (including phenoxy) is 4. The Morgan fingerprint density at radius 3 is 1.25 bits per heavy atom. The number of nitrogens with zero attached hydrogens (tertiary/aromatic N) is 1. The van der Waals surface area contributed by atoms with Crippen molar-refractivity contribution in [3.63, 3.8) is 0 Å². The number of carbonyl (C=O) groups is 2. The van der Waals surface area contributed by atoms with Crippen molar-refractivity contribution in [2.45, 2.75) is 264 Å².